The molecule has 0 atom stereocenters. The van der Waals surface area contributed by atoms with Gasteiger partial charge in [-0.05, 0) is 37.1 Å². The first kappa shape index (κ1) is 15.0. The third-order valence-corrected chi connectivity index (χ3v) is 5.88. The first-order valence-corrected chi connectivity index (χ1v) is 9.07. The van der Waals surface area contributed by atoms with E-state index in [1.54, 1.807) is 11.3 Å². The Labute approximate surface area is 131 Å². The zero-order valence-electron chi connectivity index (χ0n) is 12.6. The summed E-state index contributed by atoms with van der Waals surface area (Å²) >= 11 is 1.78. The Morgan fingerprint density at radius 2 is 2.00 bits per heavy atom. The zero-order valence-corrected chi connectivity index (χ0v) is 13.4. The summed E-state index contributed by atoms with van der Waals surface area (Å²) in [6, 6.07) is 4.87. The van der Waals surface area contributed by atoms with Crippen LogP contribution in [0.5, 0.6) is 0 Å². The fourth-order valence-electron chi connectivity index (χ4n) is 3.59. The van der Waals surface area contributed by atoms with Gasteiger partial charge < -0.3 is 5.11 Å². The monoisotopic (exact) mass is 307 g/mol. The lowest BCUT2D eigenvalue weighted by atomic mass is 9.79. The van der Waals surface area contributed by atoms with E-state index in [0.717, 1.165) is 38.8 Å². The van der Waals surface area contributed by atoms with E-state index in [4.69, 9.17) is 0 Å². The van der Waals surface area contributed by atoms with Gasteiger partial charge in [-0.1, -0.05) is 31.7 Å². The summed E-state index contributed by atoms with van der Waals surface area (Å²) in [6.45, 7) is 1.67. The molecule has 0 bridgehead atoms. The van der Waals surface area contributed by atoms with Crippen molar-refractivity contribution in [3.05, 3.63) is 22.4 Å². The standard InChI is InChI=1S/C17H25NO2S/c19-16(20)17(9-3-1-2-4-10-17)13-18(14-7-8-14)12-15-6-5-11-21-15/h5-6,11,14H,1-4,7-10,12-13H2,(H,19,20). The highest BCUT2D eigenvalue weighted by atomic mass is 32.1. The van der Waals surface area contributed by atoms with Crippen molar-refractivity contribution < 1.29 is 9.90 Å². The molecule has 116 valence electrons. The van der Waals surface area contributed by atoms with Crippen molar-refractivity contribution >= 4 is 17.3 Å². The number of carboxylic acids is 1. The summed E-state index contributed by atoms with van der Waals surface area (Å²) in [5, 5.41) is 12.0. The van der Waals surface area contributed by atoms with Crippen LogP contribution in [-0.4, -0.2) is 28.6 Å². The molecule has 3 nitrogen and oxygen atoms in total. The van der Waals surface area contributed by atoms with Crippen LogP contribution in [0.4, 0.5) is 0 Å². The van der Waals surface area contributed by atoms with Crippen LogP contribution in [0.15, 0.2) is 17.5 Å². The minimum absolute atomic E-state index is 0.504. The van der Waals surface area contributed by atoms with Crippen LogP contribution < -0.4 is 0 Å². The van der Waals surface area contributed by atoms with E-state index in [-0.39, 0.29) is 0 Å². The Morgan fingerprint density at radius 1 is 1.29 bits per heavy atom. The van der Waals surface area contributed by atoms with Crippen LogP contribution in [0.3, 0.4) is 0 Å². The molecule has 0 aliphatic heterocycles. The van der Waals surface area contributed by atoms with E-state index < -0.39 is 11.4 Å². The quantitative estimate of drug-likeness (QED) is 0.803. The molecule has 0 aromatic carbocycles. The second-order valence-corrected chi connectivity index (χ2v) is 7.75. The maximum Gasteiger partial charge on any atom is 0.310 e. The maximum absolute atomic E-state index is 12.0. The van der Waals surface area contributed by atoms with Crippen molar-refractivity contribution in [1.29, 1.82) is 0 Å². The molecule has 3 rings (SSSR count). The normalized spacial score (nSPS) is 22.1. The van der Waals surface area contributed by atoms with Crippen LogP contribution in [0, 0.1) is 5.41 Å². The SMILES string of the molecule is O=C(O)C1(CN(Cc2cccs2)C2CC2)CCCCCC1. The molecule has 0 radical (unpaired) electrons. The molecular weight excluding hydrogens is 282 g/mol. The largest absolute Gasteiger partial charge is 0.481 e. The van der Waals surface area contributed by atoms with Gasteiger partial charge in [0.25, 0.3) is 0 Å². The number of carbonyl (C=O) groups is 1. The zero-order chi connectivity index (χ0) is 14.7. The summed E-state index contributed by atoms with van der Waals surface area (Å²) in [4.78, 5) is 15.8. The topological polar surface area (TPSA) is 40.5 Å². The van der Waals surface area contributed by atoms with Gasteiger partial charge in [0.15, 0.2) is 0 Å². The Bertz CT molecular complexity index is 459. The van der Waals surface area contributed by atoms with Gasteiger partial charge in [0.1, 0.15) is 0 Å². The van der Waals surface area contributed by atoms with Crippen molar-refractivity contribution in [2.45, 2.75) is 64.0 Å². The lowest BCUT2D eigenvalue weighted by Gasteiger charge is -2.34. The van der Waals surface area contributed by atoms with Gasteiger partial charge in [0.2, 0.25) is 0 Å². The number of thiophene rings is 1. The molecule has 0 spiro atoms. The minimum atomic E-state index is -0.568. The van der Waals surface area contributed by atoms with Crippen molar-refractivity contribution in [3.63, 3.8) is 0 Å². The Balaban J connectivity index is 1.73. The van der Waals surface area contributed by atoms with E-state index in [0.29, 0.717) is 6.04 Å². The predicted octanol–water partition coefficient (Wildman–Crippen LogP) is 4.14. The first-order chi connectivity index (χ1) is 10.2. The molecule has 1 N–H and O–H groups in total. The van der Waals surface area contributed by atoms with Gasteiger partial charge in [-0.25, -0.2) is 0 Å². The summed E-state index contributed by atoms with van der Waals surface area (Å²) in [7, 11) is 0. The number of hydrogen-bond donors (Lipinski definition) is 1. The number of carboxylic acid groups (broad SMARTS) is 1. The first-order valence-electron chi connectivity index (χ1n) is 8.19. The molecule has 1 aromatic heterocycles. The van der Waals surface area contributed by atoms with E-state index in [1.807, 2.05) is 0 Å². The molecule has 1 heterocycles. The molecule has 1 aromatic rings. The fraction of sp³-hybridized carbons (Fsp3) is 0.706. The van der Waals surface area contributed by atoms with Crippen molar-refractivity contribution in [2.24, 2.45) is 5.41 Å². The van der Waals surface area contributed by atoms with Gasteiger partial charge in [-0.2, -0.15) is 0 Å². The fourth-order valence-corrected chi connectivity index (χ4v) is 4.32. The van der Waals surface area contributed by atoms with Crippen LogP contribution >= 0.6 is 11.3 Å². The highest BCUT2D eigenvalue weighted by molar-refractivity contribution is 7.09. The Kier molecular flexibility index (Phi) is 4.65. The molecule has 2 aliphatic rings. The number of rotatable bonds is 6. The lowest BCUT2D eigenvalue weighted by Crippen LogP contribution is -2.43. The predicted molar refractivity (Wildman–Crippen MR) is 85.5 cm³/mol. The van der Waals surface area contributed by atoms with E-state index in [1.165, 1.54) is 30.6 Å². The molecule has 2 fully saturated rings. The van der Waals surface area contributed by atoms with E-state index in [9.17, 15) is 9.90 Å². The van der Waals surface area contributed by atoms with Crippen molar-refractivity contribution in [2.75, 3.05) is 6.54 Å². The number of aliphatic carboxylic acids is 1. The lowest BCUT2D eigenvalue weighted by molar-refractivity contribution is -0.151. The Hall–Kier alpha value is -0.870. The summed E-state index contributed by atoms with van der Waals surface area (Å²) in [6.07, 6.45) is 8.73. The smallest absolute Gasteiger partial charge is 0.310 e. The Morgan fingerprint density at radius 3 is 2.52 bits per heavy atom. The molecule has 0 saturated heterocycles. The molecule has 21 heavy (non-hydrogen) atoms. The molecule has 0 unspecified atom stereocenters. The summed E-state index contributed by atoms with van der Waals surface area (Å²) in [5.41, 5.74) is -0.504. The highest BCUT2D eigenvalue weighted by Gasteiger charge is 2.43. The maximum atomic E-state index is 12.0. The van der Waals surface area contributed by atoms with Crippen LogP contribution in [0.1, 0.15) is 56.2 Å². The number of hydrogen-bond acceptors (Lipinski definition) is 3. The van der Waals surface area contributed by atoms with E-state index >= 15 is 0 Å². The third-order valence-electron chi connectivity index (χ3n) is 5.02. The van der Waals surface area contributed by atoms with Gasteiger partial charge in [0.05, 0.1) is 5.41 Å². The molecular formula is C17H25NO2S. The van der Waals surface area contributed by atoms with Gasteiger partial charge in [0, 0.05) is 24.0 Å². The van der Waals surface area contributed by atoms with Crippen LogP contribution in [0.2, 0.25) is 0 Å². The minimum Gasteiger partial charge on any atom is -0.481 e. The van der Waals surface area contributed by atoms with Crippen molar-refractivity contribution in [3.8, 4) is 0 Å². The summed E-state index contributed by atoms with van der Waals surface area (Å²) in [5.74, 6) is -0.568. The second-order valence-electron chi connectivity index (χ2n) is 6.72. The molecule has 2 saturated carbocycles. The van der Waals surface area contributed by atoms with Crippen molar-refractivity contribution in [1.82, 2.24) is 4.90 Å². The second kappa shape index (κ2) is 6.49. The van der Waals surface area contributed by atoms with E-state index in [2.05, 4.69) is 22.4 Å². The average Bonchev–Trinajstić information content (AvgIpc) is 3.23. The third kappa shape index (κ3) is 3.67. The number of nitrogens with zero attached hydrogens (tertiary/aromatic N) is 1. The van der Waals surface area contributed by atoms with Gasteiger partial charge in [-0.15, -0.1) is 11.3 Å². The van der Waals surface area contributed by atoms with Crippen LogP contribution in [0.25, 0.3) is 0 Å². The highest BCUT2D eigenvalue weighted by Crippen LogP contribution is 2.39. The molecule has 2 aliphatic carbocycles. The van der Waals surface area contributed by atoms with Crippen LogP contribution in [-0.2, 0) is 11.3 Å². The average molecular weight is 307 g/mol. The summed E-state index contributed by atoms with van der Waals surface area (Å²) < 4.78 is 0. The molecule has 0 amide bonds. The van der Waals surface area contributed by atoms with Gasteiger partial charge in [-0.3, -0.25) is 9.69 Å². The molecule has 4 heteroatoms. The van der Waals surface area contributed by atoms with Gasteiger partial charge >= 0.3 is 5.97 Å².